The Kier molecular flexibility index (Phi) is 9.49. The minimum atomic E-state index is -0.702. The van der Waals surface area contributed by atoms with Crippen LogP contribution in [0.5, 0.6) is 5.75 Å². The quantitative estimate of drug-likeness (QED) is 0.135. The molecule has 0 aliphatic rings. The van der Waals surface area contributed by atoms with E-state index in [4.69, 9.17) is 14.2 Å². The van der Waals surface area contributed by atoms with Gasteiger partial charge in [-0.1, -0.05) is 24.3 Å². The first-order valence-electron chi connectivity index (χ1n) is 9.09. The number of ether oxygens (including phenoxy) is 3. The van der Waals surface area contributed by atoms with Crippen molar-refractivity contribution in [3.63, 3.8) is 0 Å². The number of rotatable bonds is 9. The summed E-state index contributed by atoms with van der Waals surface area (Å²) in [6.07, 6.45) is 1.95. The fourth-order valence-electron chi connectivity index (χ4n) is 2.23. The van der Waals surface area contributed by atoms with Crippen LogP contribution in [0, 0.1) is 3.57 Å². The van der Waals surface area contributed by atoms with Gasteiger partial charge in [-0.15, -0.1) is 0 Å². The van der Waals surface area contributed by atoms with E-state index in [0.29, 0.717) is 5.75 Å². The third kappa shape index (κ3) is 8.75. The summed E-state index contributed by atoms with van der Waals surface area (Å²) in [6, 6.07) is 14.4. The van der Waals surface area contributed by atoms with Gasteiger partial charge in [0.15, 0.2) is 6.29 Å². The van der Waals surface area contributed by atoms with E-state index in [2.05, 4.69) is 27.9 Å². The molecule has 1 unspecified atom stereocenters. The molecule has 2 rings (SSSR count). The van der Waals surface area contributed by atoms with Crippen molar-refractivity contribution < 1.29 is 28.6 Å². The highest BCUT2D eigenvalue weighted by molar-refractivity contribution is 14.1. The first-order valence-corrected chi connectivity index (χ1v) is 10.2. The second-order valence-corrected chi connectivity index (χ2v) is 7.44. The molecule has 2 aromatic carbocycles. The van der Waals surface area contributed by atoms with Gasteiger partial charge in [0.05, 0.1) is 0 Å². The van der Waals surface area contributed by atoms with Gasteiger partial charge in [-0.2, -0.15) is 0 Å². The zero-order valence-electron chi connectivity index (χ0n) is 16.6. The molecule has 0 aliphatic carbocycles. The third-order valence-electron chi connectivity index (χ3n) is 3.85. The number of carbonyl (C=O) groups is 3. The topological polar surface area (TPSA) is 90.9 Å². The standard InChI is InChI=1S/C22H22INO6/c1-15(28-2)29-22(27)13-20(25)24-14-17-5-10-19(11-6-17)30-21(26)12-7-16-3-8-18(23)9-4-16/h3-12,15H,13-14H2,1-2H3,(H,24,25)/b12-7+. The molecule has 1 N–H and O–H groups in total. The van der Waals surface area contributed by atoms with E-state index in [9.17, 15) is 14.4 Å². The van der Waals surface area contributed by atoms with E-state index in [0.717, 1.165) is 14.7 Å². The average Bonchev–Trinajstić information content (AvgIpc) is 2.72. The highest BCUT2D eigenvalue weighted by Crippen LogP contribution is 2.13. The lowest BCUT2D eigenvalue weighted by Crippen LogP contribution is -2.27. The van der Waals surface area contributed by atoms with Crippen LogP contribution in [0.3, 0.4) is 0 Å². The molecule has 0 saturated heterocycles. The van der Waals surface area contributed by atoms with E-state index in [1.807, 2.05) is 24.3 Å². The molecular weight excluding hydrogens is 501 g/mol. The van der Waals surface area contributed by atoms with Gasteiger partial charge in [0.2, 0.25) is 5.91 Å². The number of hydrogen-bond donors (Lipinski definition) is 1. The molecule has 0 bridgehead atoms. The maximum atomic E-state index is 11.9. The van der Waals surface area contributed by atoms with E-state index < -0.39 is 30.6 Å². The molecular formula is C22H22INO6. The van der Waals surface area contributed by atoms with Crippen LogP contribution in [0.4, 0.5) is 0 Å². The molecule has 7 nitrogen and oxygen atoms in total. The van der Waals surface area contributed by atoms with Crippen LogP contribution in [-0.2, 0) is 30.4 Å². The van der Waals surface area contributed by atoms with E-state index in [-0.39, 0.29) is 6.54 Å². The van der Waals surface area contributed by atoms with Crippen LogP contribution in [0.15, 0.2) is 54.6 Å². The Labute approximate surface area is 188 Å². The summed E-state index contributed by atoms with van der Waals surface area (Å²) in [7, 11) is 1.40. The number of halogens is 1. The molecule has 1 amide bonds. The number of nitrogens with one attached hydrogen (secondary N) is 1. The largest absolute Gasteiger partial charge is 0.436 e. The first kappa shape index (κ1) is 23.6. The van der Waals surface area contributed by atoms with Crippen LogP contribution < -0.4 is 10.1 Å². The highest BCUT2D eigenvalue weighted by Gasteiger charge is 2.13. The summed E-state index contributed by atoms with van der Waals surface area (Å²) in [6.45, 7) is 1.79. The molecule has 0 aromatic heterocycles. The number of esters is 2. The number of benzene rings is 2. The molecule has 8 heteroatoms. The van der Waals surface area contributed by atoms with Crippen LogP contribution >= 0.6 is 22.6 Å². The number of methoxy groups -OCH3 is 1. The van der Waals surface area contributed by atoms with Gasteiger partial charge >= 0.3 is 11.9 Å². The van der Waals surface area contributed by atoms with Gasteiger partial charge in [-0.25, -0.2) is 4.79 Å². The Balaban J connectivity index is 1.77. The van der Waals surface area contributed by atoms with Gasteiger partial charge in [0, 0.05) is 23.3 Å². The van der Waals surface area contributed by atoms with Crippen molar-refractivity contribution in [2.45, 2.75) is 26.2 Å². The number of carbonyl (C=O) groups excluding carboxylic acids is 3. The van der Waals surface area contributed by atoms with Crippen molar-refractivity contribution in [1.82, 2.24) is 5.32 Å². The molecule has 2 aromatic rings. The Morgan fingerprint density at radius 3 is 2.37 bits per heavy atom. The Morgan fingerprint density at radius 2 is 1.73 bits per heavy atom. The lowest BCUT2D eigenvalue weighted by molar-refractivity contribution is -0.170. The van der Waals surface area contributed by atoms with Gasteiger partial charge in [0.25, 0.3) is 0 Å². The lowest BCUT2D eigenvalue weighted by atomic mass is 10.2. The Morgan fingerprint density at radius 1 is 1.07 bits per heavy atom. The predicted molar refractivity (Wildman–Crippen MR) is 119 cm³/mol. The van der Waals surface area contributed by atoms with Crippen LogP contribution in [0.25, 0.3) is 6.08 Å². The monoisotopic (exact) mass is 523 g/mol. The summed E-state index contributed by atoms with van der Waals surface area (Å²) >= 11 is 2.21. The normalized spacial score (nSPS) is 11.7. The number of amides is 1. The molecule has 0 spiro atoms. The van der Waals surface area contributed by atoms with Crippen molar-refractivity contribution >= 4 is 46.5 Å². The Hall–Kier alpha value is -2.72. The SMILES string of the molecule is COC(C)OC(=O)CC(=O)NCc1ccc(OC(=O)/C=C/c2ccc(I)cc2)cc1. The lowest BCUT2D eigenvalue weighted by Gasteiger charge is -2.11. The maximum Gasteiger partial charge on any atom is 0.336 e. The Bertz CT molecular complexity index is 893. The van der Waals surface area contributed by atoms with Crippen LogP contribution in [0.1, 0.15) is 24.5 Å². The summed E-state index contributed by atoms with van der Waals surface area (Å²) in [4.78, 5) is 35.2. The van der Waals surface area contributed by atoms with Gasteiger partial charge < -0.3 is 19.5 Å². The van der Waals surface area contributed by atoms with Crippen LogP contribution in [-0.4, -0.2) is 31.2 Å². The molecule has 1 atom stereocenters. The second-order valence-electron chi connectivity index (χ2n) is 6.20. The first-order chi connectivity index (χ1) is 14.4. The molecule has 158 valence electrons. The van der Waals surface area contributed by atoms with E-state index in [1.54, 1.807) is 37.3 Å². The minimum absolute atomic E-state index is 0.229. The molecule has 30 heavy (non-hydrogen) atoms. The summed E-state index contributed by atoms with van der Waals surface area (Å²) < 4.78 is 16.0. The third-order valence-corrected chi connectivity index (χ3v) is 4.57. The molecule has 0 fully saturated rings. The van der Waals surface area contributed by atoms with Crippen LogP contribution in [0.2, 0.25) is 0 Å². The summed E-state index contributed by atoms with van der Waals surface area (Å²) in [5, 5.41) is 2.62. The molecule has 0 saturated carbocycles. The average molecular weight is 523 g/mol. The zero-order chi connectivity index (χ0) is 21.9. The molecule has 0 heterocycles. The second kappa shape index (κ2) is 12.1. The highest BCUT2D eigenvalue weighted by atomic mass is 127. The van der Waals surface area contributed by atoms with Crippen molar-refractivity contribution in [3.8, 4) is 5.75 Å². The molecule has 0 aliphatic heterocycles. The predicted octanol–water partition coefficient (Wildman–Crippen LogP) is 3.45. The van der Waals surface area contributed by atoms with Gasteiger partial charge in [-0.05, 0) is 71.0 Å². The van der Waals surface area contributed by atoms with Crippen molar-refractivity contribution in [2.75, 3.05) is 7.11 Å². The van der Waals surface area contributed by atoms with Crippen molar-refractivity contribution in [1.29, 1.82) is 0 Å². The summed E-state index contributed by atoms with van der Waals surface area (Å²) in [5.41, 5.74) is 1.69. The molecule has 0 radical (unpaired) electrons. The fourth-order valence-corrected chi connectivity index (χ4v) is 2.59. The van der Waals surface area contributed by atoms with Crippen molar-refractivity contribution in [3.05, 3.63) is 69.3 Å². The number of hydrogen-bond acceptors (Lipinski definition) is 6. The fraction of sp³-hybridized carbons (Fsp3) is 0.227. The van der Waals surface area contributed by atoms with E-state index in [1.165, 1.54) is 13.2 Å². The van der Waals surface area contributed by atoms with Crippen molar-refractivity contribution in [2.24, 2.45) is 0 Å². The zero-order valence-corrected chi connectivity index (χ0v) is 18.8. The maximum absolute atomic E-state index is 11.9. The van der Waals surface area contributed by atoms with Gasteiger partial charge in [-0.3, -0.25) is 9.59 Å². The summed E-state index contributed by atoms with van der Waals surface area (Å²) in [5.74, 6) is -1.22. The van der Waals surface area contributed by atoms with E-state index >= 15 is 0 Å². The minimum Gasteiger partial charge on any atom is -0.436 e. The van der Waals surface area contributed by atoms with Gasteiger partial charge in [0.1, 0.15) is 12.2 Å². The smallest absolute Gasteiger partial charge is 0.336 e.